The second-order valence-electron chi connectivity index (χ2n) is 7.64. The summed E-state index contributed by atoms with van der Waals surface area (Å²) >= 11 is 6.10. The monoisotopic (exact) mass is 420 g/mol. The molecule has 2 aliphatic carbocycles. The standard InChI is InChI=1S/C19H24ClF3N2O3/c20-12-2-4-14(5-3-12)28-16-6-1-11(19(21,22)23)9-15(16)18(27)25-13-7-8-24-17(26)10-13/h7-8,10-12,14-16H,1-6,9H2,(H2,24,25,26,27). The first kappa shape index (κ1) is 21.2. The van der Waals surface area contributed by atoms with E-state index in [0.29, 0.717) is 0 Å². The maximum atomic E-state index is 13.3. The van der Waals surface area contributed by atoms with Gasteiger partial charge in [-0.1, -0.05) is 0 Å². The number of aromatic nitrogens is 1. The molecule has 3 atom stereocenters. The highest BCUT2D eigenvalue weighted by atomic mass is 35.5. The molecular weight excluding hydrogens is 397 g/mol. The van der Waals surface area contributed by atoms with Gasteiger partial charge in [-0.25, -0.2) is 0 Å². The summed E-state index contributed by atoms with van der Waals surface area (Å²) in [4.78, 5) is 26.6. The van der Waals surface area contributed by atoms with Crippen molar-refractivity contribution in [2.24, 2.45) is 11.8 Å². The number of H-pyrrole nitrogens is 1. The lowest BCUT2D eigenvalue weighted by Crippen LogP contribution is -2.44. The number of pyridine rings is 1. The van der Waals surface area contributed by atoms with Gasteiger partial charge in [0.25, 0.3) is 0 Å². The normalized spacial score (nSPS) is 31.4. The molecule has 2 aliphatic rings. The number of ether oxygens (including phenoxy) is 1. The van der Waals surface area contributed by atoms with Gasteiger partial charge in [0, 0.05) is 23.3 Å². The molecule has 0 saturated heterocycles. The van der Waals surface area contributed by atoms with Crippen LogP contribution in [0.25, 0.3) is 0 Å². The first-order valence-electron chi connectivity index (χ1n) is 9.58. The summed E-state index contributed by atoms with van der Waals surface area (Å²) < 4.78 is 45.8. The highest BCUT2D eigenvalue weighted by molar-refractivity contribution is 6.20. The minimum atomic E-state index is -4.34. The molecule has 1 aromatic heterocycles. The Bertz CT molecular complexity index is 732. The highest BCUT2D eigenvalue weighted by Crippen LogP contribution is 2.42. The number of amides is 1. The van der Waals surface area contributed by atoms with E-state index in [2.05, 4.69) is 10.3 Å². The van der Waals surface area contributed by atoms with Crippen LogP contribution in [0.1, 0.15) is 44.9 Å². The number of halogens is 4. The van der Waals surface area contributed by atoms with Crippen molar-refractivity contribution < 1.29 is 22.7 Å². The van der Waals surface area contributed by atoms with Crippen LogP contribution in [0.4, 0.5) is 18.9 Å². The summed E-state index contributed by atoms with van der Waals surface area (Å²) in [5, 5.41) is 2.68. The molecule has 0 bridgehead atoms. The van der Waals surface area contributed by atoms with Crippen LogP contribution < -0.4 is 10.9 Å². The number of hydrogen-bond donors (Lipinski definition) is 2. The van der Waals surface area contributed by atoms with E-state index in [-0.39, 0.29) is 36.4 Å². The SMILES string of the molecule is O=C(Nc1cc[nH]c(=O)c1)C1CC(C(F)(F)F)CCC1OC1CCC(Cl)CC1. The number of nitrogens with one attached hydrogen (secondary N) is 2. The van der Waals surface area contributed by atoms with Crippen molar-refractivity contribution in [2.75, 3.05) is 5.32 Å². The molecule has 0 spiro atoms. The zero-order valence-corrected chi connectivity index (χ0v) is 16.1. The average molecular weight is 421 g/mol. The molecule has 0 radical (unpaired) electrons. The van der Waals surface area contributed by atoms with Crippen LogP contribution in [0, 0.1) is 11.8 Å². The quantitative estimate of drug-likeness (QED) is 0.716. The molecule has 2 N–H and O–H groups in total. The van der Waals surface area contributed by atoms with E-state index < -0.39 is 35.6 Å². The van der Waals surface area contributed by atoms with E-state index in [0.717, 1.165) is 25.7 Å². The van der Waals surface area contributed by atoms with Crippen molar-refractivity contribution in [2.45, 2.75) is 68.7 Å². The number of rotatable bonds is 4. The van der Waals surface area contributed by atoms with Crippen molar-refractivity contribution in [3.63, 3.8) is 0 Å². The molecule has 28 heavy (non-hydrogen) atoms. The summed E-state index contributed by atoms with van der Waals surface area (Å²) in [6.07, 6.45) is -0.720. The van der Waals surface area contributed by atoms with E-state index in [4.69, 9.17) is 16.3 Å². The summed E-state index contributed by atoms with van der Waals surface area (Å²) in [6, 6.07) is 2.68. The predicted molar refractivity (Wildman–Crippen MR) is 99.3 cm³/mol. The predicted octanol–water partition coefficient (Wildman–Crippen LogP) is 4.23. The molecule has 5 nitrogen and oxygen atoms in total. The van der Waals surface area contributed by atoms with Crippen LogP contribution in [0.2, 0.25) is 0 Å². The molecule has 156 valence electrons. The molecule has 2 saturated carbocycles. The van der Waals surface area contributed by atoms with Crippen LogP contribution in [0.15, 0.2) is 23.1 Å². The number of carbonyl (C=O) groups excluding carboxylic acids is 1. The fourth-order valence-electron chi connectivity index (χ4n) is 4.04. The molecule has 9 heteroatoms. The third-order valence-corrected chi connectivity index (χ3v) is 6.04. The molecule has 3 rings (SSSR count). The van der Waals surface area contributed by atoms with Crippen LogP contribution in [0.3, 0.4) is 0 Å². The third kappa shape index (κ3) is 5.50. The van der Waals surface area contributed by atoms with Gasteiger partial charge >= 0.3 is 6.18 Å². The van der Waals surface area contributed by atoms with Gasteiger partial charge in [-0.2, -0.15) is 13.2 Å². The van der Waals surface area contributed by atoms with Gasteiger partial charge in [-0.15, -0.1) is 11.6 Å². The van der Waals surface area contributed by atoms with Gasteiger partial charge in [0.1, 0.15) is 0 Å². The zero-order chi connectivity index (χ0) is 20.3. The molecule has 1 heterocycles. The number of alkyl halides is 4. The Morgan fingerprint density at radius 1 is 1.18 bits per heavy atom. The molecule has 0 aromatic carbocycles. The highest BCUT2D eigenvalue weighted by Gasteiger charge is 2.47. The molecular formula is C19H24ClF3N2O3. The largest absolute Gasteiger partial charge is 0.391 e. The Balaban J connectivity index is 1.71. The van der Waals surface area contributed by atoms with Crippen LogP contribution >= 0.6 is 11.6 Å². The second kappa shape index (κ2) is 8.86. The van der Waals surface area contributed by atoms with Crippen molar-refractivity contribution >= 4 is 23.2 Å². The second-order valence-corrected chi connectivity index (χ2v) is 8.25. The number of carbonyl (C=O) groups is 1. The number of anilines is 1. The fourth-order valence-corrected chi connectivity index (χ4v) is 4.29. The smallest absolute Gasteiger partial charge is 0.374 e. The lowest BCUT2D eigenvalue weighted by Gasteiger charge is -2.38. The first-order valence-corrected chi connectivity index (χ1v) is 10.0. The summed E-state index contributed by atoms with van der Waals surface area (Å²) in [5.74, 6) is -3.00. The van der Waals surface area contributed by atoms with Gasteiger partial charge in [0.2, 0.25) is 11.5 Å². The Morgan fingerprint density at radius 3 is 2.54 bits per heavy atom. The van der Waals surface area contributed by atoms with E-state index in [1.54, 1.807) is 0 Å². The van der Waals surface area contributed by atoms with Crippen LogP contribution in [-0.2, 0) is 9.53 Å². The first-order chi connectivity index (χ1) is 13.2. The summed E-state index contributed by atoms with van der Waals surface area (Å²) in [7, 11) is 0. The fraction of sp³-hybridized carbons (Fsp3) is 0.684. The van der Waals surface area contributed by atoms with Gasteiger partial charge in [0.05, 0.1) is 24.0 Å². The Labute approximate surface area is 166 Å². The third-order valence-electron chi connectivity index (χ3n) is 5.60. The van der Waals surface area contributed by atoms with Crippen LogP contribution in [0.5, 0.6) is 0 Å². The van der Waals surface area contributed by atoms with Gasteiger partial charge in [-0.3, -0.25) is 9.59 Å². The Kier molecular flexibility index (Phi) is 6.70. The van der Waals surface area contributed by atoms with E-state index >= 15 is 0 Å². The maximum absolute atomic E-state index is 13.3. The Hall–Kier alpha value is -1.54. The van der Waals surface area contributed by atoms with Gasteiger partial charge < -0.3 is 15.0 Å². The summed E-state index contributed by atoms with van der Waals surface area (Å²) in [5.41, 5.74) is -0.149. The minimum absolute atomic E-state index is 0.0478. The van der Waals surface area contributed by atoms with E-state index in [1.165, 1.54) is 18.3 Å². The molecule has 2 fully saturated rings. The topological polar surface area (TPSA) is 71.2 Å². The minimum Gasteiger partial charge on any atom is -0.374 e. The number of aromatic amines is 1. The van der Waals surface area contributed by atoms with Crippen molar-refractivity contribution in [3.8, 4) is 0 Å². The lowest BCUT2D eigenvalue weighted by atomic mass is 9.78. The van der Waals surface area contributed by atoms with Crippen molar-refractivity contribution in [1.82, 2.24) is 4.98 Å². The van der Waals surface area contributed by atoms with Gasteiger partial charge in [0.15, 0.2) is 0 Å². The lowest BCUT2D eigenvalue weighted by molar-refractivity contribution is -0.197. The van der Waals surface area contributed by atoms with Crippen molar-refractivity contribution in [3.05, 3.63) is 28.7 Å². The molecule has 3 unspecified atom stereocenters. The zero-order valence-electron chi connectivity index (χ0n) is 15.3. The van der Waals surface area contributed by atoms with Crippen molar-refractivity contribution in [1.29, 1.82) is 0 Å². The van der Waals surface area contributed by atoms with Gasteiger partial charge in [-0.05, 0) is 51.0 Å². The van der Waals surface area contributed by atoms with Crippen LogP contribution in [-0.4, -0.2) is 34.7 Å². The molecule has 1 aromatic rings. The maximum Gasteiger partial charge on any atom is 0.391 e. The summed E-state index contributed by atoms with van der Waals surface area (Å²) in [6.45, 7) is 0. The average Bonchev–Trinajstić information content (AvgIpc) is 2.63. The Morgan fingerprint density at radius 2 is 1.89 bits per heavy atom. The number of hydrogen-bond acceptors (Lipinski definition) is 3. The molecule has 1 amide bonds. The molecule has 0 aliphatic heterocycles. The van der Waals surface area contributed by atoms with E-state index in [1.807, 2.05) is 0 Å². The van der Waals surface area contributed by atoms with E-state index in [9.17, 15) is 22.8 Å².